The molecule has 1 aliphatic rings. The van der Waals surface area contributed by atoms with Crippen molar-refractivity contribution in [3.05, 3.63) is 30.5 Å². The van der Waals surface area contributed by atoms with Gasteiger partial charge >= 0.3 is 0 Å². The number of benzene rings is 1. The summed E-state index contributed by atoms with van der Waals surface area (Å²) in [4.78, 5) is 4.38. The van der Waals surface area contributed by atoms with Crippen LogP contribution in [0.15, 0.2) is 30.5 Å². The van der Waals surface area contributed by atoms with Crippen molar-refractivity contribution < 1.29 is 9.47 Å². The van der Waals surface area contributed by atoms with E-state index >= 15 is 0 Å². The predicted molar refractivity (Wildman–Crippen MR) is 79.2 cm³/mol. The van der Waals surface area contributed by atoms with Gasteiger partial charge in [0.15, 0.2) is 0 Å². The van der Waals surface area contributed by atoms with Crippen LogP contribution < -0.4 is 15.2 Å². The van der Waals surface area contributed by atoms with Crippen molar-refractivity contribution in [1.82, 2.24) is 4.98 Å². The molecular weight excluding hydrogens is 252 g/mol. The molecule has 0 atom stereocenters. The van der Waals surface area contributed by atoms with E-state index in [-0.39, 0.29) is 6.10 Å². The van der Waals surface area contributed by atoms with Crippen LogP contribution in [-0.2, 0) is 0 Å². The molecule has 0 saturated heterocycles. The van der Waals surface area contributed by atoms with Gasteiger partial charge in [0.25, 0.3) is 0 Å². The van der Waals surface area contributed by atoms with E-state index in [1.165, 1.54) is 0 Å². The first kappa shape index (κ1) is 13.2. The second-order valence-corrected chi connectivity index (χ2v) is 5.36. The maximum absolute atomic E-state index is 6.08. The van der Waals surface area contributed by atoms with E-state index in [1.807, 2.05) is 24.3 Å². The Labute approximate surface area is 118 Å². The van der Waals surface area contributed by atoms with Crippen molar-refractivity contribution in [2.45, 2.75) is 37.8 Å². The van der Waals surface area contributed by atoms with Gasteiger partial charge in [-0.25, -0.2) is 4.98 Å². The minimum absolute atomic E-state index is 0.231. The number of nitrogens with two attached hydrogens (primary N) is 1. The standard InChI is InChI=1S/C16H20N2O2/c1-19-14-6-7-15-11(10-14)8-9-18-16(15)20-13-4-2-12(17)3-5-13/h6-10,12-13H,2-5,17H2,1H3. The fourth-order valence-corrected chi connectivity index (χ4v) is 2.71. The summed E-state index contributed by atoms with van der Waals surface area (Å²) in [6.45, 7) is 0. The molecule has 0 aliphatic heterocycles. The van der Waals surface area contributed by atoms with Crippen LogP contribution in [0.5, 0.6) is 11.6 Å². The van der Waals surface area contributed by atoms with Gasteiger partial charge in [-0.15, -0.1) is 0 Å². The fourth-order valence-electron chi connectivity index (χ4n) is 2.71. The van der Waals surface area contributed by atoms with Gasteiger partial charge in [0.2, 0.25) is 5.88 Å². The second kappa shape index (κ2) is 5.67. The predicted octanol–water partition coefficient (Wildman–Crippen LogP) is 2.89. The Morgan fingerprint density at radius 1 is 1.15 bits per heavy atom. The molecule has 0 spiro atoms. The third-order valence-electron chi connectivity index (χ3n) is 3.93. The molecule has 0 radical (unpaired) electrons. The van der Waals surface area contributed by atoms with Gasteiger partial charge in [-0.1, -0.05) is 0 Å². The first-order valence-corrected chi connectivity index (χ1v) is 7.11. The van der Waals surface area contributed by atoms with Gasteiger partial charge < -0.3 is 15.2 Å². The van der Waals surface area contributed by atoms with E-state index in [0.29, 0.717) is 11.9 Å². The number of methoxy groups -OCH3 is 1. The molecule has 1 aromatic carbocycles. The minimum Gasteiger partial charge on any atom is -0.497 e. The van der Waals surface area contributed by atoms with Crippen LogP contribution in [-0.4, -0.2) is 24.2 Å². The number of hydrogen-bond donors (Lipinski definition) is 1. The van der Waals surface area contributed by atoms with Crippen LogP contribution in [0.2, 0.25) is 0 Å². The highest BCUT2D eigenvalue weighted by atomic mass is 16.5. The summed E-state index contributed by atoms with van der Waals surface area (Å²) >= 11 is 0. The Bertz CT molecular complexity index is 592. The maximum atomic E-state index is 6.08. The molecule has 20 heavy (non-hydrogen) atoms. The molecule has 4 nitrogen and oxygen atoms in total. The van der Waals surface area contributed by atoms with Crippen molar-refractivity contribution in [1.29, 1.82) is 0 Å². The first-order chi connectivity index (χ1) is 9.76. The zero-order chi connectivity index (χ0) is 13.9. The van der Waals surface area contributed by atoms with Crippen LogP contribution >= 0.6 is 0 Å². The Morgan fingerprint density at radius 3 is 2.70 bits per heavy atom. The van der Waals surface area contributed by atoms with Crippen LogP contribution in [0.25, 0.3) is 10.8 Å². The lowest BCUT2D eigenvalue weighted by atomic mass is 9.94. The monoisotopic (exact) mass is 272 g/mol. The van der Waals surface area contributed by atoms with Gasteiger partial charge in [-0.05, 0) is 55.3 Å². The van der Waals surface area contributed by atoms with E-state index in [2.05, 4.69) is 4.98 Å². The Balaban J connectivity index is 1.84. The maximum Gasteiger partial charge on any atom is 0.221 e. The van der Waals surface area contributed by atoms with E-state index in [0.717, 1.165) is 42.2 Å². The average Bonchev–Trinajstić information content (AvgIpc) is 2.49. The molecule has 2 N–H and O–H groups in total. The second-order valence-electron chi connectivity index (χ2n) is 5.36. The number of pyridine rings is 1. The lowest BCUT2D eigenvalue weighted by molar-refractivity contribution is 0.143. The molecular formula is C16H20N2O2. The highest BCUT2D eigenvalue weighted by molar-refractivity contribution is 5.87. The fraction of sp³-hybridized carbons (Fsp3) is 0.438. The molecule has 1 fully saturated rings. The summed E-state index contributed by atoms with van der Waals surface area (Å²) < 4.78 is 11.3. The Morgan fingerprint density at radius 2 is 1.95 bits per heavy atom. The highest BCUT2D eigenvalue weighted by Crippen LogP contribution is 2.29. The number of aromatic nitrogens is 1. The van der Waals surface area contributed by atoms with Gasteiger partial charge in [0.1, 0.15) is 11.9 Å². The molecule has 4 heteroatoms. The molecule has 0 bridgehead atoms. The summed E-state index contributed by atoms with van der Waals surface area (Å²) in [7, 11) is 1.67. The Hall–Kier alpha value is -1.81. The van der Waals surface area contributed by atoms with Gasteiger partial charge in [0.05, 0.1) is 7.11 Å². The van der Waals surface area contributed by atoms with Crippen LogP contribution in [0.4, 0.5) is 0 Å². The van der Waals surface area contributed by atoms with Crippen molar-refractivity contribution in [3.8, 4) is 11.6 Å². The molecule has 1 heterocycles. The number of rotatable bonds is 3. The molecule has 2 aromatic rings. The van der Waals surface area contributed by atoms with Crippen LogP contribution in [0.3, 0.4) is 0 Å². The summed E-state index contributed by atoms with van der Waals surface area (Å²) in [5.74, 6) is 1.56. The number of hydrogen-bond acceptors (Lipinski definition) is 4. The zero-order valence-corrected chi connectivity index (χ0v) is 11.7. The van der Waals surface area contributed by atoms with E-state index in [9.17, 15) is 0 Å². The number of ether oxygens (including phenoxy) is 2. The average molecular weight is 272 g/mol. The van der Waals surface area contributed by atoms with Gasteiger partial charge in [-0.2, -0.15) is 0 Å². The largest absolute Gasteiger partial charge is 0.497 e. The summed E-state index contributed by atoms with van der Waals surface area (Å²) in [5, 5.41) is 2.12. The minimum atomic E-state index is 0.231. The lowest BCUT2D eigenvalue weighted by Crippen LogP contribution is -2.31. The highest BCUT2D eigenvalue weighted by Gasteiger charge is 2.20. The SMILES string of the molecule is COc1ccc2c(OC3CCC(N)CC3)nccc2c1. The normalized spacial score (nSPS) is 22.7. The third kappa shape index (κ3) is 2.70. The summed E-state index contributed by atoms with van der Waals surface area (Å²) in [5.41, 5.74) is 5.93. The lowest BCUT2D eigenvalue weighted by Gasteiger charge is -2.26. The Kier molecular flexibility index (Phi) is 3.74. The topological polar surface area (TPSA) is 57.4 Å². The third-order valence-corrected chi connectivity index (χ3v) is 3.93. The van der Waals surface area contributed by atoms with Crippen molar-refractivity contribution in [3.63, 3.8) is 0 Å². The smallest absolute Gasteiger partial charge is 0.221 e. The van der Waals surface area contributed by atoms with E-state index in [4.69, 9.17) is 15.2 Å². The van der Waals surface area contributed by atoms with Crippen molar-refractivity contribution >= 4 is 10.8 Å². The molecule has 1 aromatic heterocycles. The molecule has 1 aliphatic carbocycles. The number of fused-ring (bicyclic) bond motifs is 1. The molecule has 3 rings (SSSR count). The summed E-state index contributed by atoms with van der Waals surface area (Å²) in [6.07, 6.45) is 6.10. The van der Waals surface area contributed by atoms with Gasteiger partial charge in [-0.3, -0.25) is 0 Å². The van der Waals surface area contributed by atoms with Crippen LogP contribution in [0, 0.1) is 0 Å². The summed E-state index contributed by atoms with van der Waals surface area (Å²) in [6, 6.07) is 8.25. The molecule has 1 saturated carbocycles. The quantitative estimate of drug-likeness (QED) is 0.933. The molecule has 0 unspecified atom stereocenters. The molecule has 0 amide bonds. The van der Waals surface area contributed by atoms with E-state index in [1.54, 1.807) is 13.3 Å². The zero-order valence-electron chi connectivity index (χ0n) is 11.7. The van der Waals surface area contributed by atoms with E-state index < -0.39 is 0 Å². The molecule has 106 valence electrons. The van der Waals surface area contributed by atoms with Crippen LogP contribution in [0.1, 0.15) is 25.7 Å². The number of nitrogens with zero attached hydrogens (tertiary/aromatic N) is 1. The first-order valence-electron chi connectivity index (χ1n) is 7.11. The van der Waals surface area contributed by atoms with Crippen molar-refractivity contribution in [2.75, 3.05) is 7.11 Å². The van der Waals surface area contributed by atoms with Gasteiger partial charge in [0, 0.05) is 17.6 Å². The van der Waals surface area contributed by atoms with Crippen molar-refractivity contribution in [2.24, 2.45) is 5.73 Å².